The van der Waals surface area contributed by atoms with Crippen LogP contribution in [0, 0.1) is 24.7 Å². The monoisotopic (exact) mass is 295 g/mol. The molecule has 3 heterocycles. The molecule has 2 aliphatic heterocycles. The lowest BCUT2D eigenvalue weighted by atomic mass is 9.79. The molecule has 2 saturated heterocycles. The lowest BCUT2D eigenvalue weighted by Gasteiger charge is -2.36. The van der Waals surface area contributed by atoms with Crippen molar-refractivity contribution in [2.45, 2.75) is 26.3 Å². The molecule has 4 nitrogen and oxygen atoms in total. The van der Waals surface area contributed by atoms with Crippen LogP contribution in [0.4, 0.5) is 0 Å². The van der Waals surface area contributed by atoms with Gasteiger partial charge in [-0.1, -0.05) is 0 Å². The van der Waals surface area contributed by atoms with Gasteiger partial charge < -0.3 is 10.4 Å². The number of aromatic nitrogens is 1. The minimum Gasteiger partial charge on any atom is -0.396 e. The van der Waals surface area contributed by atoms with Crippen LogP contribution in [0.2, 0.25) is 0 Å². The number of likely N-dealkylation sites (tertiary alicyclic amines) is 1. The van der Waals surface area contributed by atoms with Gasteiger partial charge in [0.2, 0.25) is 0 Å². The summed E-state index contributed by atoms with van der Waals surface area (Å²) in [5.74, 6) is 1.96. The summed E-state index contributed by atoms with van der Waals surface area (Å²) >= 11 is 1.78. The standard InChI is InChI=1S/C15H25N3OS/c1-11-15(20-10-17-11)8-18-4-2-12(3-5-18)14-7-16-6-13(14)9-19/h10,12-14,16,19H,2-9H2,1H3/t13-,14-/m0/s1. The van der Waals surface area contributed by atoms with E-state index >= 15 is 0 Å². The van der Waals surface area contributed by atoms with Gasteiger partial charge in [-0.25, -0.2) is 4.98 Å². The maximum atomic E-state index is 9.46. The van der Waals surface area contributed by atoms with Crippen LogP contribution in [0.3, 0.4) is 0 Å². The molecule has 5 heteroatoms. The van der Waals surface area contributed by atoms with Crippen LogP contribution in [-0.2, 0) is 6.54 Å². The van der Waals surface area contributed by atoms with E-state index in [0.29, 0.717) is 18.4 Å². The van der Waals surface area contributed by atoms with Crippen LogP contribution in [0.15, 0.2) is 5.51 Å². The van der Waals surface area contributed by atoms with Crippen molar-refractivity contribution in [3.8, 4) is 0 Å². The number of aryl methyl sites for hydroxylation is 1. The fourth-order valence-corrected chi connectivity index (χ4v) is 4.54. The molecule has 0 aromatic carbocycles. The number of hydrogen-bond acceptors (Lipinski definition) is 5. The van der Waals surface area contributed by atoms with Crippen molar-refractivity contribution in [2.24, 2.45) is 17.8 Å². The second kappa shape index (κ2) is 6.52. The first-order chi connectivity index (χ1) is 9.78. The van der Waals surface area contributed by atoms with Crippen LogP contribution >= 0.6 is 11.3 Å². The molecule has 2 aliphatic rings. The molecule has 112 valence electrons. The van der Waals surface area contributed by atoms with Gasteiger partial charge >= 0.3 is 0 Å². The average molecular weight is 295 g/mol. The molecule has 0 unspecified atom stereocenters. The smallest absolute Gasteiger partial charge is 0.0798 e. The van der Waals surface area contributed by atoms with Gasteiger partial charge in [-0.05, 0) is 57.2 Å². The van der Waals surface area contributed by atoms with Gasteiger partial charge in [-0.2, -0.15) is 0 Å². The lowest BCUT2D eigenvalue weighted by Crippen LogP contribution is -2.38. The fourth-order valence-electron chi connectivity index (χ4n) is 3.73. The maximum Gasteiger partial charge on any atom is 0.0798 e. The SMILES string of the molecule is Cc1ncsc1CN1CCC([C@@H]2CNC[C@H]2CO)CC1. The van der Waals surface area contributed by atoms with E-state index in [0.717, 1.165) is 25.6 Å². The summed E-state index contributed by atoms with van der Waals surface area (Å²) in [5, 5.41) is 12.9. The second-order valence-electron chi connectivity index (χ2n) is 6.24. The van der Waals surface area contributed by atoms with E-state index < -0.39 is 0 Å². The summed E-state index contributed by atoms with van der Waals surface area (Å²) in [6.45, 7) is 8.00. The van der Waals surface area contributed by atoms with Crippen molar-refractivity contribution in [1.29, 1.82) is 0 Å². The van der Waals surface area contributed by atoms with Crippen LogP contribution in [0.25, 0.3) is 0 Å². The van der Waals surface area contributed by atoms with E-state index in [1.807, 2.05) is 5.51 Å². The van der Waals surface area contributed by atoms with Gasteiger partial charge in [0.15, 0.2) is 0 Å². The van der Waals surface area contributed by atoms with Gasteiger partial charge in [0.25, 0.3) is 0 Å². The number of hydrogen-bond donors (Lipinski definition) is 2. The molecular formula is C15H25N3OS. The number of aliphatic hydroxyl groups excluding tert-OH is 1. The third-order valence-electron chi connectivity index (χ3n) is 5.08. The molecule has 20 heavy (non-hydrogen) atoms. The Morgan fingerprint density at radius 1 is 1.40 bits per heavy atom. The third-order valence-corrected chi connectivity index (χ3v) is 6.00. The quantitative estimate of drug-likeness (QED) is 0.883. The Hall–Kier alpha value is -0.490. The number of thiazole rings is 1. The molecule has 0 bridgehead atoms. The molecule has 1 aromatic rings. The van der Waals surface area contributed by atoms with Crippen LogP contribution in [0.5, 0.6) is 0 Å². The molecule has 1 aromatic heterocycles. The summed E-state index contributed by atoms with van der Waals surface area (Å²) < 4.78 is 0. The summed E-state index contributed by atoms with van der Waals surface area (Å²) in [6.07, 6.45) is 2.56. The highest BCUT2D eigenvalue weighted by atomic mass is 32.1. The zero-order valence-electron chi connectivity index (χ0n) is 12.2. The molecular weight excluding hydrogens is 270 g/mol. The van der Waals surface area contributed by atoms with Crippen LogP contribution in [-0.4, -0.2) is 47.8 Å². The Kier molecular flexibility index (Phi) is 4.71. The highest BCUT2D eigenvalue weighted by Crippen LogP contribution is 2.33. The van der Waals surface area contributed by atoms with Crippen molar-refractivity contribution < 1.29 is 5.11 Å². The molecule has 2 N–H and O–H groups in total. The zero-order chi connectivity index (χ0) is 13.9. The Morgan fingerprint density at radius 3 is 2.85 bits per heavy atom. The molecule has 0 radical (unpaired) electrons. The first-order valence-electron chi connectivity index (χ1n) is 7.71. The van der Waals surface area contributed by atoms with E-state index in [1.54, 1.807) is 11.3 Å². The minimum absolute atomic E-state index is 0.345. The number of aliphatic hydroxyl groups is 1. The molecule has 3 rings (SSSR count). The maximum absolute atomic E-state index is 9.46. The normalized spacial score (nSPS) is 29.1. The fraction of sp³-hybridized carbons (Fsp3) is 0.800. The van der Waals surface area contributed by atoms with Crippen molar-refractivity contribution in [1.82, 2.24) is 15.2 Å². The first kappa shape index (κ1) is 14.4. The zero-order valence-corrected chi connectivity index (χ0v) is 13.0. The van der Waals surface area contributed by atoms with Crippen LogP contribution < -0.4 is 5.32 Å². The number of piperidine rings is 1. The number of nitrogens with zero attached hydrogens (tertiary/aromatic N) is 2. The molecule has 0 amide bonds. The number of rotatable bonds is 4. The van der Waals surface area contributed by atoms with Gasteiger partial charge in [0, 0.05) is 24.6 Å². The second-order valence-corrected chi connectivity index (χ2v) is 7.18. The summed E-state index contributed by atoms with van der Waals surface area (Å²) in [5.41, 5.74) is 3.14. The lowest BCUT2D eigenvalue weighted by molar-refractivity contribution is 0.108. The Balaban J connectivity index is 1.51. The topological polar surface area (TPSA) is 48.4 Å². The van der Waals surface area contributed by atoms with Crippen molar-refractivity contribution >= 4 is 11.3 Å². The summed E-state index contributed by atoms with van der Waals surface area (Å²) in [7, 11) is 0. The van der Waals surface area contributed by atoms with E-state index in [4.69, 9.17) is 0 Å². The Bertz CT molecular complexity index is 429. The Morgan fingerprint density at radius 2 is 2.20 bits per heavy atom. The summed E-state index contributed by atoms with van der Waals surface area (Å²) in [6, 6.07) is 0. The summed E-state index contributed by atoms with van der Waals surface area (Å²) in [4.78, 5) is 8.32. The predicted molar refractivity (Wildman–Crippen MR) is 81.8 cm³/mol. The van der Waals surface area contributed by atoms with Gasteiger partial charge in [-0.3, -0.25) is 4.90 Å². The van der Waals surface area contributed by atoms with E-state index in [2.05, 4.69) is 22.1 Å². The highest BCUT2D eigenvalue weighted by molar-refractivity contribution is 7.09. The molecule has 0 spiro atoms. The Labute approximate surface area is 125 Å². The van der Waals surface area contributed by atoms with Crippen molar-refractivity contribution in [3.05, 3.63) is 16.1 Å². The highest BCUT2D eigenvalue weighted by Gasteiger charge is 2.34. The minimum atomic E-state index is 0.345. The third kappa shape index (κ3) is 3.06. The predicted octanol–water partition coefficient (Wildman–Crippen LogP) is 1.49. The van der Waals surface area contributed by atoms with Gasteiger partial charge in [0.05, 0.1) is 11.2 Å². The molecule has 0 aliphatic carbocycles. The molecule has 2 atom stereocenters. The largest absolute Gasteiger partial charge is 0.396 e. The average Bonchev–Trinajstić information content (AvgIpc) is 3.09. The van der Waals surface area contributed by atoms with Crippen molar-refractivity contribution in [3.63, 3.8) is 0 Å². The first-order valence-corrected chi connectivity index (χ1v) is 8.58. The van der Waals surface area contributed by atoms with Gasteiger partial charge in [0.1, 0.15) is 0 Å². The van der Waals surface area contributed by atoms with E-state index in [-0.39, 0.29) is 0 Å². The van der Waals surface area contributed by atoms with Gasteiger partial charge in [-0.15, -0.1) is 11.3 Å². The van der Waals surface area contributed by atoms with E-state index in [1.165, 1.54) is 36.5 Å². The number of nitrogens with one attached hydrogen (secondary N) is 1. The van der Waals surface area contributed by atoms with Crippen molar-refractivity contribution in [2.75, 3.05) is 32.8 Å². The molecule has 0 saturated carbocycles. The van der Waals surface area contributed by atoms with E-state index in [9.17, 15) is 5.11 Å². The van der Waals surface area contributed by atoms with Crippen LogP contribution in [0.1, 0.15) is 23.4 Å². The molecule has 2 fully saturated rings.